The van der Waals surface area contributed by atoms with Gasteiger partial charge in [0, 0.05) is 23.5 Å². The molecular formula is C20H25N3O2S. The van der Waals surface area contributed by atoms with E-state index in [1.54, 1.807) is 6.07 Å². The third kappa shape index (κ3) is 3.75. The number of hydrogen-bond acceptors (Lipinski definition) is 4. The van der Waals surface area contributed by atoms with Gasteiger partial charge < -0.3 is 10.3 Å². The van der Waals surface area contributed by atoms with Gasteiger partial charge in [0.1, 0.15) is 5.56 Å². The summed E-state index contributed by atoms with van der Waals surface area (Å²) in [6, 6.07) is 1.79. The molecule has 26 heavy (non-hydrogen) atoms. The van der Waals surface area contributed by atoms with E-state index < -0.39 is 0 Å². The fourth-order valence-corrected chi connectivity index (χ4v) is 5.09. The topological polar surface area (TPSA) is 74.8 Å². The average molecular weight is 372 g/mol. The summed E-state index contributed by atoms with van der Waals surface area (Å²) >= 11 is 1.83. The highest BCUT2D eigenvalue weighted by Crippen LogP contribution is 2.27. The first-order chi connectivity index (χ1) is 12.7. The van der Waals surface area contributed by atoms with E-state index in [2.05, 4.69) is 10.3 Å². The lowest BCUT2D eigenvalue weighted by Crippen LogP contribution is -2.31. The Labute approximate surface area is 157 Å². The Morgan fingerprint density at radius 2 is 1.96 bits per heavy atom. The van der Waals surface area contributed by atoms with Crippen molar-refractivity contribution in [1.29, 1.82) is 0 Å². The number of aryl methyl sites for hydroxylation is 5. The number of thiazole rings is 1. The van der Waals surface area contributed by atoms with Crippen LogP contribution in [0.25, 0.3) is 0 Å². The second-order valence-corrected chi connectivity index (χ2v) is 8.44. The summed E-state index contributed by atoms with van der Waals surface area (Å²) in [5, 5.41) is 4.07. The number of pyridine rings is 1. The molecule has 0 fully saturated rings. The summed E-state index contributed by atoms with van der Waals surface area (Å²) in [5.74, 6) is -0.266. The largest absolute Gasteiger partial charge is 0.352 e. The van der Waals surface area contributed by atoms with Crippen LogP contribution in [0.5, 0.6) is 0 Å². The molecule has 0 bridgehead atoms. The Hall–Kier alpha value is -1.95. The van der Waals surface area contributed by atoms with Crippen LogP contribution in [0.2, 0.25) is 0 Å². The third-order valence-corrected chi connectivity index (χ3v) is 6.54. The second kappa shape index (κ2) is 7.74. The van der Waals surface area contributed by atoms with Crippen LogP contribution in [0.4, 0.5) is 0 Å². The predicted molar refractivity (Wildman–Crippen MR) is 103 cm³/mol. The zero-order valence-electron chi connectivity index (χ0n) is 15.0. The van der Waals surface area contributed by atoms with Crippen LogP contribution in [0.3, 0.4) is 0 Å². The number of H-pyrrole nitrogens is 1. The summed E-state index contributed by atoms with van der Waals surface area (Å²) in [5.41, 5.74) is 3.40. The van der Waals surface area contributed by atoms with E-state index in [4.69, 9.17) is 4.98 Å². The van der Waals surface area contributed by atoms with Crippen molar-refractivity contribution in [2.45, 2.75) is 64.2 Å². The molecule has 0 spiro atoms. The molecule has 0 radical (unpaired) electrons. The molecule has 2 aromatic rings. The number of amides is 1. The van der Waals surface area contributed by atoms with Crippen molar-refractivity contribution in [1.82, 2.24) is 15.3 Å². The summed E-state index contributed by atoms with van der Waals surface area (Å²) in [6.07, 6.45) is 10.6. The number of rotatable bonds is 5. The van der Waals surface area contributed by atoms with Crippen molar-refractivity contribution in [3.63, 3.8) is 0 Å². The van der Waals surface area contributed by atoms with E-state index in [-0.39, 0.29) is 17.0 Å². The predicted octanol–water partition coefficient (Wildman–Crippen LogP) is 2.95. The minimum Gasteiger partial charge on any atom is -0.352 e. The summed E-state index contributed by atoms with van der Waals surface area (Å²) in [6.45, 7) is 0.569. The fourth-order valence-electron chi connectivity index (χ4n) is 3.89. The minimum absolute atomic E-state index is 0.246. The first-order valence-corrected chi connectivity index (χ1v) is 10.5. The number of fused-ring (bicyclic) bond motifs is 2. The molecule has 2 aliphatic carbocycles. The summed E-state index contributed by atoms with van der Waals surface area (Å²) in [7, 11) is 0. The molecule has 2 heterocycles. The number of nitrogens with one attached hydrogen (secondary N) is 2. The van der Waals surface area contributed by atoms with Gasteiger partial charge in [0.05, 0.1) is 10.7 Å². The molecule has 0 atom stereocenters. The first kappa shape index (κ1) is 17.5. The number of hydrogen-bond donors (Lipinski definition) is 2. The highest BCUT2D eigenvalue weighted by atomic mass is 32.1. The Morgan fingerprint density at radius 3 is 2.85 bits per heavy atom. The van der Waals surface area contributed by atoms with Gasteiger partial charge in [-0.05, 0) is 69.4 Å². The number of aromatic amines is 1. The Morgan fingerprint density at radius 1 is 1.15 bits per heavy atom. The quantitative estimate of drug-likeness (QED) is 0.794. The van der Waals surface area contributed by atoms with Gasteiger partial charge in [-0.1, -0.05) is 0 Å². The van der Waals surface area contributed by atoms with Crippen LogP contribution in [0.1, 0.15) is 69.3 Å². The van der Waals surface area contributed by atoms with Crippen molar-refractivity contribution in [2.75, 3.05) is 6.54 Å². The van der Waals surface area contributed by atoms with Crippen molar-refractivity contribution in [3.05, 3.63) is 48.8 Å². The second-order valence-electron chi connectivity index (χ2n) is 7.27. The molecule has 0 unspecified atom stereocenters. The van der Waals surface area contributed by atoms with Gasteiger partial charge in [-0.2, -0.15) is 0 Å². The number of carbonyl (C=O) groups is 1. The van der Waals surface area contributed by atoms with Crippen LogP contribution >= 0.6 is 11.3 Å². The van der Waals surface area contributed by atoms with Crippen molar-refractivity contribution >= 4 is 17.2 Å². The Bertz CT molecular complexity index is 845. The number of aromatic nitrogens is 2. The molecule has 2 aliphatic rings. The van der Waals surface area contributed by atoms with Crippen molar-refractivity contribution < 1.29 is 4.79 Å². The van der Waals surface area contributed by atoms with Gasteiger partial charge in [0.25, 0.3) is 11.5 Å². The van der Waals surface area contributed by atoms with Crippen LogP contribution in [-0.2, 0) is 32.1 Å². The molecule has 5 nitrogen and oxygen atoms in total. The highest BCUT2D eigenvalue weighted by molar-refractivity contribution is 7.11. The molecule has 1 amide bonds. The molecule has 0 saturated carbocycles. The minimum atomic E-state index is -0.268. The van der Waals surface area contributed by atoms with Gasteiger partial charge in [-0.3, -0.25) is 9.59 Å². The van der Waals surface area contributed by atoms with Gasteiger partial charge in [-0.15, -0.1) is 11.3 Å². The molecule has 6 heteroatoms. The molecule has 0 saturated heterocycles. The maximum atomic E-state index is 12.4. The molecule has 0 aromatic carbocycles. The fraction of sp³-hybridized carbons (Fsp3) is 0.550. The highest BCUT2D eigenvalue weighted by Gasteiger charge is 2.17. The lowest BCUT2D eigenvalue weighted by Gasteiger charge is -2.15. The van der Waals surface area contributed by atoms with E-state index >= 15 is 0 Å². The number of carbonyl (C=O) groups excluding carboxylic acids is 1. The van der Waals surface area contributed by atoms with Crippen molar-refractivity contribution in [2.24, 2.45) is 0 Å². The SMILES string of the molecule is O=C(NCCCc1nc2c(s1)CCCC2)c1cc2c([nH]c1=O)CCCC2. The lowest BCUT2D eigenvalue weighted by atomic mass is 9.95. The molecule has 4 rings (SSSR count). The summed E-state index contributed by atoms with van der Waals surface area (Å²) in [4.78, 5) is 33.6. The molecule has 138 valence electrons. The van der Waals surface area contributed by atoms with Crippen LogP contribution in [-0.4, -0.2) is 22.4 Å². The van der Waals surface area contributed by atoms with Gasteiger partial charge in [0.15, 0.2) is 0 Å². The van der Waals surface area contributed by atoms with Crippen LogP contribution in [0.15, 0.2) is 10.9 Å². The van der Waals surface area contributed by atoms with E-state index in [0.717, 1.165) is 56.2 Å². The van der Waals surface area contributed by atoms with Crippen molar-refractivity contribution in [3.8, 4) is 0 Å². The first-order valence-electron chi connectivity index (χ1n) is 9.71. The zero-order chi connectivity index (χ0) is 17.9. The van der Waals surface area contributed by atoms with E-state index in [1.165, 1.54) is 34.8 Å². The maximum Gasteiger partial charge on any atom is 0.261 e. The Balaban J connectivity index is 1.31. The van der Waals surface area contributed by atoms with Gasteiger partial charge >= 0.3 is 0 Å². The molecule has 2 N–H and O–H groups in total. The lowest BCUT2D eigenvalue weighted by molar-refractivity contribution is 0.0951. The van der Waals surface area contributed by atoms with Crippen LogP contribution in [0, 0.1) is 0 Å². The van der Waals surface area contributed by atoms with Gasteiger partial charge in [-0.25, -0.2) is 4.98 Å². The molecular weight excluding hydrogens is 346 g/mol. The smallest absolute Gasteiger partial charge is 0.261 e. The van der Waals surface area contributed by atoms with Gasteiger partial charge in [0.2, 0.25) is 0 Å². The zero-order valence-corrected chi connectivity index (χ0v) is 15.8. The molecule has 2 aromatic heterocycles. The normalized spacial score (nSPS) is 16.0. The Kier molecular flexibility index (Phi) is 5.20. The average Bonchev–Trinajstić information content (AvgIpc) is 3.07. The standard InChI is InChI=1S/C20H25N3O2S/c24-19(14-12-13-6-1-2-7-15(13)23-20(14)25)21-11-5-10-18-22-16-8-3-4-9-17(16)26-18/h12H,1-11H2,(H,21,24)(H,23,25). The number of nitrogens with zero attached hydrogens (tertiary/aromatic N) is 1. The van der Waals surface area contributed by atoms with Crippen LogP contribution < -0.4 is 10.9 Å². The molecule has 0 aliphatic heterocycles. The van der Waals surface area contributed by atoms with E-state index in [9.17, 15) is 9.59 Å². The summed E-state index contributed by atoms with van der Waals surface area (Å²) < 4.78 is 0. The monoisotopic (exact) mass is 371 g/mol. The third-order valence-electron chi connectivity index (χ3n) is 5.33. The van der Waals surface area contributed by atoms with E-state index in [1.807, 2.05) is 11.3 Å². The van der Waals surface area contributed by atoms with E-state index in [0.29, 0.717) is 6.54 Å². The maximum absolute atomic E-state index is 12.4.